The van der Waals surface area contributed by atoms with Crippen molar-refractivity contribution in [1.82, 2.24) is 19.4 Å². The Morgan fingerprint density at radius 2 is 1.89 bits per heavy atom. The number of aryl methyl sites for hydroxylation is 1. The Balaban J connectivity index is 1.61. The van der Waals surface area contributed by atoms with Crippen molar-refractivity contribution in [3.63, 3.8) is 0 Å². The van der Waals surface area contributed by atoms with Crippen LogP contribution >= 0.6 is 0 Å². The van der Waals surface area contributed by atoms with Crippen LogP contribution in [0.3, 0.4) is 0 Å². The minimum Gasteiger partial charge on any atom is -0.352 e. The van der Waals surface area contributed by atoms with E-state index in [0.717, 1.165) is 42.8 Å². The molecule has 0 aliphatic carbocycles. The first-order valence-electron chi connectivity index (χ1n) is 9.51. The third kappa shape index (κ3) is 3.39. The molecule has 140 valence electrons. The molecule has 2 aromatic heterocycles. The molecule has 3 heterocycles. The number of carbonyl (C=O) groups excluding carboxylic acids is 1. The highest BCUT2D eigenvalue weighted by atomic mass is 16.2. The summed E-state index contributed by atoms with van der Waals surface area (Å²) in [5.74, 6) is 1.73. The van der Waals surface area contributed by atoms with Gasteiger partial charge in [-0.2, -0.15) is 0 Å². The van der Waals surface area contributed by atoms with E-state index in [1.165, 1.54) is 6.42 Å². The van der Waals surface area contributed by atoms with Crippen molar-refractivity contribution in [3.05, 3.63) is 54.0 Å². The van der Waals surface area contributed by atoms with Crippen LogP contribution in [-0.2, 0) is 13.6 Å². The van der Waals surface area contributed by atoms with Crippen molar-refractivity contribution in [2.45, 2.75) is 25.8 Å². The molecular weight excluding hydrogens is 338 g/mol. The average Bonchev–Trinajstić information content (AvgIpc) is 3.03. The van der Waals surface area contributed by atoms with Gasteiger partial charge in [0.1, 0.15) is 11.6 Å². The summed E-state index contributed by atoms with van der Waals surface area (Å²) < 4.78 is 2.10. The molecule has 0 bridgehead atoms. The van der Waals surface area contributed by atoms with Gasteiger partial charge in [0.15, 0.2) is 0 Å². The lowest BCUT2D eigenvalue weighted by atomic mass is 10.1. The molecule has 0 saturated carbocycles. The number of rotatable bonds is 4. The molecule has 1 aliphatic heterocycles. The largest absolute Gasteiger partial charge is 0.352 e. The topological polar surface area (TPSA) is 54.3 Å². The van der Waals surface area contributed by atoms with Gasteiger partial charge in [0.2, 0.25) is 0 Å². The number of pyridine rings is 1. The number of para-hydroxylation sites is 2. The summed E-state index contributed by atoms with van der Waals surface area (Å²) in [4.78, 5) is 26.2. The van der Waals surface area contributed by atoms with Crippen molar-refractivity contribution < 1.29 is 4.79 Å². The third-order valence-electron chi connectivity index (χ3n) is 5.28. The number of benzene rings is 1. The fourth-order valence-electron chi connectivity index (χ4n) is 3.76. The van der Waals surface area contributed by atoms with Crippen molar-refractivity contribution in [2.24, 2.45) is 7.05 Å². The Morgan fingerprint density at radius 3 is 2.67 bits per heavy atom. The molecule has 0 unspecified atom stereocenters. The van der Waals surface area contributed by atoms with Crippen LogP contribution in [0.1, 0.15) is 35.4 Å². The van der Waals surface area contributed by atoms with Gasteiger partial charge < -0.3 is 14.4 Å². The fraction of sp³-hybridized carbons (Fsp3) is 0.381. The van der Waals surface area contributed by atoms with E-state index in [2.05, 4.69) is 15.6 Å². The van der Waals surface area contributed by atoms with E-state index in [1.807, 2.05) is 54.2 Å². The van der Waals surface area contributed by atoms with Gasteiger partial charge in [0, 0.05) is 33.4 Å². The highest BCUT2D eigenvalue weighted by molar-refractivity contribution is 5.98. The molecule has 1 amide bonds. The molecule has 1 saturated heterocycles. The smallest absolute Gasteiger partial charge is 0.257 e. The minimum absolute atomic E-state index is 0.0784. The molecule has 1 fully saturated rings. The summed E-state index contributed by atoms with van der Waals surface area (Å²) >= 11 is 0. The summed E-state index contributed by atoms with van der Waals surface area (Å²) in [7, 11) is 3.99. The van der Waals surface area contributed by atoms with Gasteiger partial charge in [-0.25, -0.2) is 9.97 Å². The van der Waals surface area contributed by atoms with Crippen molar-refractivity contribution >= 4 is 22.8 Å². The number of aromatic nitrogens is 3. The highest BCUT2D eigenvalue weighted by Gasteiger charge is 2.23. The van der Waals surface area contributed by atoms with Gasteiger partial charge in [-0.1, -0.05) is 12.1 Å². The van der Waals surface area contributed by atoms with E-state index < -0.39 is 0 Å². The summed E-state index contributed by atoms with van der Waals surface area (Å²) in [6, 6.07) is 11.8. The standard InChI is InChI=1S/C21H25N5O/c1-24(15-19-23-17-10-4-5-11-18(17)25(19)2)20-16(9-8-12-22-20)21(27)26-13-6-3-7-14-26/h4-5,8-12H,3,6-7,13-15H2,1-2H3. The molecule has 27 heavy (non-hydrogen) atoms. The Morgan fingerprint density at radius 1 is 1.11 bits per heavy atom. The maximum Gasteiger partial charge on any atom is 0.257 e. The van der Waals surface area contributed by atoms with Crippen LogP contribution in [0.25, 0.3) is 11.0 Å². The number of amides is 1. The van der Waals surface area contributed by atoms with Crippen LogP contribution in [-0.4, -0.2) is 45.5 Å². The maximum atomic E-state index is 13.0. The van der Waals surface area contributed by atoms with Gasteiger partial charge in [0.25, 0.3) is 5.91 Å². The molecule has 1 aliphatic rings. The molecule has 0 N–H and O–H groups in total. The second-order valence-electron chi connectivity index (χ2n) is 7.16. The Kier molecular flexibility index (Phi) is 4.79. The number of hydrogen-bond donors (Lipinski definition) is 0. The SMILES string of the molecule is CN(Cc1nc2ccccc2n1C)c1ncccc1C(=O)N1CCCCC1. The summed E-state index contributed by atoms with van der Waals surface area (Å²) in [6.07, 6.45) is 5.11. The van der Waals surface area contributed by atoms with Crippen molar-refractivity contribution in [1.29, 1.82) is 0 Å². The molecule has 4 rings (SSSR count). The van der Waals surface area contributed by atoms with Crippen LogP contribution in [0.15, 0.2) is 42.6 Å². The lowest BCUT2D eigenvalue weighted by Gasteiger charge is -2.28. The number of fused-ring (bicyclic) bond motifs is 1. The number of anilines is 1. The summed E-state index contributed by atoms with van der Waals surface area (Å²) in [5, 5.41) is 0. The second-order valence-corrected chi connectivity index (χ2v) is 7.16. The molecule has 1 aromatic carbocycles. The van der Waals surface area contributed by atoms with Crippen LogP contribution in [0.2, 0.25) is 0 Å². The quantitative estimate of drug-likeness (QED) is 0.714. The lowest BCUT2D eigenvalue weighted by Crippen LogP contribution is -2.36. The Hall–Kier alpha value is -2.89. The predicted octanol–water partition coefficient (Wildman–Crippen LogP) is 3.23. The predicted molar refractivity (Wildman–Crippen MR) is 107 cm³/mol. The Labute approximate surface area is 159 Å². The van der Waals surface area contributed by atoms with Gasteiger partial charge >= 0.3 is 0 Å². The van der Waals surface area contributed by atoms with Crippen LogP contribution in [0.4, 0.5) is 5.82 Å². The lowest BCUT2D eigenvalue weighted by molar-refractivity contribution is 0.0724. The van der Waals surface area contributed by atoms with Gasteiger partial charge in [-0.15, -0.1) is 0 Å². The maximum absolute atomic E-state index is 13.0. The zero-order chi connectivity index (χ0) is 18.8. The van der Waals surface area contributed by atoms with E-state index in [-0.39, 0.29) is 5.91 Å². The average molecular weight is 363 g/mol. The normalized spacial score (nSPS) is 14.5. The highest BCUT2D eigenvalue weighted by Crippen LogP contribution is 2.23. The first-order chi connectivity index (χ1) is 13.1. The number of piperidine rings is 1. The number of hydrogen-bond acceptors (Lipinski definition) is 4. The van der Waals surface area contributed by atoms with E-state index in [0.29, 0.717) is 17.9 Å². The molecule has 0 atom stereocenters. The first kappa shape index (κ1) is 17.5. The monoisotopic (exact) mass is 363 g/mol. The van der Waals surface area contributed by atoms with Gasteiger partial charge in [-0.3, -0.25) is 4.79 Å². The number of carbonyl (C=O) groups is 1. The van der Waals surface area contributed by atoms with E-state index in [1.54, 1.807) is 6.20 Å². The molecule has 6 heteroatoms. The van der Waals surface area contributed by atoms with Crippen LogP contribution in [0, 0.1) is 0 Å². The zero-order valence-electron chi connectivity index (χ0n) is 15.9. The number of imidazole rings is 1. The summed E-state index contributed by atoms with van der Waals surface area (Å²) in [6.45, 7) is 2.26. The molecule has 0 spiro atoms. The van der Waals surface area contributed by atoms with Crippen molar-refractivity contribution in [3.8, 4) is 0 Å². The first-order valence-corrected chi connectivity index (χ1v) is 9.51. The van der Waals surface area contributed by atoms with Crippen LogP contribution < -0.4 is 4.90 Å². The molecule has 3 aromatic rings. The summed E-state index contributed by atoms with van der Waals surface area (Å²) in [5.41, 5.74) is 2.75. The van der Waals surface area contributed by atoms with Crippen LogP contribution in [0.5, 0.6) is 0 Å². The number of likely N-dealkylation sites (tertiary alicyclic amines) is 1. The molecular formula is C21H25N5O. The van der Waals surface area contributed by atoms with E-state index >= 15 is 0 Å². The van der Waals surface area contributed by atoms with Gasteiger partial charge in [-0.05, 0) is 43.5 Å². The minimum atomic E-state index is 0.0784. The van der Waals surface area contributed by atoms with E-state index in [4.69, 9.17) is 4.98 Å². The fourth-order valence-corrected chi connectivity index (χ4v) is 3.76. The second kappa shape index (κ2) is 7.39. The molecule has 6 nitrogen and oxygen atoms in total. The Bertz CT molecular complexity index is 958. The van der Waals surface area contributed by atoms with Gasteiger partial charge in [0.05, 0.1) is 23.1 Å². The zero-order valence-corrected chi connectivity index (χ0v) is 15.9. The van der Waals surface area contributed by atoms with E-state index in [9.17, 15) is 4.79 Å². The number of nitrogens with zero attached hydrogens (tertiary/aromatic N) is 5. The third-order valence-corrected chi connectivity index (χ3v) is 5.28. The molecule has 0 radical (unpaired) electrons. The van der Waals surface area contributed by atoms with Crippen molar-refractivity contribution in [2.75, 3.05) is 25.0 Å².